The van der Waals surface area contributed by atoms with Crippen LogP contribution in [0.2, 0.25) is 0 Å². The Kier molecular flexibility index (Phi) is 6.44. The Bertz CT molecular complexity index is 1350. The monoisotopic (exact) mass is 471 g/mol. The van der Waals surface area contributed by atoms with Crippen LogP contribution in [-0.2, 0) is 24.1 Å². The maximum absolute atomic E-state index is 11.6. The van der Waals surface area contributed by atoms with E-state index in [1.807, 2.05) is 18.2 Å². The lowest BCUT2D eigenvalue weighted by molar-refractivity contribution is -0.137. The number of hydrogen-bond acceptors (Lipinski definition) is 6. The number of carboxylic acids is 1. The third-order valence-corrected chi connectivity index (χ3v) is 6.62. The fourth-order valence-electron chi connectivity index (χ4n) is 4.68. The topological polar surface area (TPSA) is 103 Å². The number of aromatic nitrogens is 5. The van der Waals surface area contributed by atoms with Crippen molar-refractivity contribution in [3.63, 3.8) is 0 Å². The minimum Gasteiger partial charge on any atom is -0.493 e. The third kappa shape index (κ3) is 5.16. The van der Waals surface area contributed by atoms with Crippen molar-refractivity contribution in [3.05, 3.63) is 77.3 Å². The Morgan fingerprint density at radius 3 is 2.83 bits per heavy atom. The number of pyridine rings is 1. The minimum atomic E-state index is -0.913. The summed E-state index contributed by atoms with van der Waals surface area (Å²) in [6.07, 6.45) is 9.11. The van der Waals surface area contributed by atoms with Crippen molar-refractivity contribution < 1.29 is 14.6 Å². The van der Waals surface area contributed by atoms with Crippen LogP contribution in [-0.4, -0.2) is 42.4 Å². The highest BCUT2D eigenvalue weighted by molar-refractivity contribution is 5.81. The van der Waals surface area contributed by atoms with Gasteiger partial charge in [0.05, 0.1) is 30.8 Å². The molecule has 8 nitrogen and oxygen atoms in total. The largest absolute Gasteiger partial charge is 0.493 e. The van der Waals surface area contributed by atoms with E-state index < -0.39 is 12.0 Å². The van der Waals surface area contributed by atoms with Crippen molar-refractivity contribution in [1.29, 1.82) is 0 Å². The summed E-state index contributed by atoms with van der Waals surface area (Å²) in [5, 5.41) is 14.9. The maximum atomic E-state index is 11.6. The molecule has 0 fully saturated rings. The van der Waals surface area contributed by atoms with Gasteiger partial charge < -0.3 is 9.84 Å². The number of rotatable bonds is 8. The van der Waals surface area contributed by atoms with Crippen LogP contribution in [0.3, 0.4) is 0 Å². The second-order valence-corrected chi connectivity index (χ2v) is 9.34. The van der Waals surface area contributed by atoms with Gasteiger partial charge in [-0.05, 0) is 61.9 Å². The van der Waals surface area contributed by atoms with Gasteiger partial charge in [-0.2, -0.15) is 5.10 Å². The number of hydrogen-bond donors (Lipinski definition) is 1. The van der Waals surface area contributed by atoms with Gasteiger partial charge in [-0.3, -0.25) is 14.5 Å². The molecule has 1 aromatic carbocycles. The predicted octanol–water partition coefficient (Wildman–Crippen LogP) is 4.34. The van der Waals surface area contributed by atoms with Gasteiger partial charge in [-0.15, -0.1) is 0 Å². The Labute approximate surface area is 204 Å². The SMILES string of the molecule is Cc1ncc([C@@H](CC(=O)O)n2ncc3cc(OCCc4ccc5c(n4)C[C@H](C)CC5)ccc32)cn1. The van der Waals surface area contributed by atoms with E-state index in [0.717, 1.165) is 41.6 Å². The number of aryl methyl sites for hydroxylation is 2. The van der Waals surface area contributed by atoms with Gasteiger partial charge >= 0.3 is 5.97 Å². The molecule has 0 aliphatic heterocycles. The second-order valence-electron chi connectivity index (χ2n) is 9.34. The first-order valence-electron chi connectivity index (χ1n) is 12.0. The normalized spacial score (nSPS) is 16.1. The van der Waals surface area contributed by atoms with Crippen molar-refractivity contribution >= 4 is 16.9 Å². The highest BCUT2D eigenvalue weighted by atomic mass is 16.5. The average molecular weight is 472 g/mol. The molecular weight excluding hydrogens is 442 g/mol. The summed E-state index contributed by atoms with van der Waals surface area (Å²) in [5.74, 6) is 1.17. The Balaban J connectivity index is 1.29. The molecule has 8 heteroatoms. The van der Waals surface area contributed by atoms with E-state index in [1.54, 1.807) is 30.2 Å². The van der Waals surface area contributed by atoms with Gasteiger partial charge in [-0.25, -0.2) is 9.97 Å². The highest BCUT2D eigenvalue weighted by Gasteiger charge is 2.21. The van der Waals surface area contributed by atoms with E-state index >= 15 is 0 Å². The first-order valence-corrected chi connectivity index (χ1v) is 12.0. The van der Waals surface area contributed by atoms with E-state index in [0.29, 0.717) is 23.9 Å². The van der Waals surface area contributed by atoms with Crippen LogP contribution < -0.4 is 4.74 Å². The zero-order valence-electron chi connectivity index (χ0n) is 20.0. The molecule has 0 amide bonds. The van der Waals surface area contributed by atoms with Crippen molar-refractivity contribution in [2.45, 2.75) is 52.0 Å². The number of carboxylic acid groups (broad SMARTS) is 1. The Morgan fingerprint density at radius 2 is 2.03 bits per heavy atom. The van der Waals surface area contributed by atoms with Crippen LogP contribution in [0.1, 0.15) is 54.1 Å². The van der Waals surface area contributed by atoms with E-state index in [1.165, 1.54) is 17.7 Å². The van der Waals surface area contributed by atoms with Crippen LogP contribution in [0, 0.1) is 12.8 Å². The average Bonchev–Trinajstić information content (AvgIpc) is 3.26. The van der Waals surface area contributed by atoms with Gasteiger partial charge in [0.25, 0.3) is 0 Å². The van der Waals surface area contributed by atoms with Gasteiger partial charge in [0.1, 0.15) is 11.6 Å². The zero-order chi connectivity index (χ0) is 24.4. The van der Waals surface area contributed by atoms with E-state index in [9.17, 15) is 9.90 Å². The lowest BCUT2D eigenvalue weighted by Crippen LogP contribution is -2.17. The zero-order valence-corrected chi connectivity index (χ0v) is 20.0. The van der Waals surface area contributed by atoms with E-state index in [2.05, 4.69) is 34.1 Å². The maximum Gasteiger partial charge on any atom is 0.305 e. The smallest absolute Gasteiger partial charge is 0.305 e. The Hall–Kier alpha value is -3.81. The standard InChI is InChI=1S/C27H29N5O3/c1-17-3-4-19-5-6-22(31-24(19)11-17)9-10-35-23-7-8-25-20(12-23)16-30-32(25)26(13-27(33)34)21-14-28-18(2)29-15-21/h5-8,12,14-17,26H,3-4,9-11,13H2,1-2H3,(H,33,34)/t17-,26-/m1/s1. The summed E-state index contributed by atoms with van der Waals surface area (Å²) in [6, 6.07) is 9.57. The number of aliphatic carboxylic acids is 1. The molecule has 3 aromatic heterocycles. The number of nitrogens with zero attached hydrogens (tertiary/aromatic N) is 5. The van der Waals surface area contributed by atoms with Crippen LogP contribution in [0.4, 0.5) is 0 Å². The molecule has 180 valence electrons. The molecule has 0 saturated carbocycles. The fourth-order valence-corrected chi connectivity index (χ4v) is 4.68. The molecule has 3 heterocycles. The van der Waals surface area contributed by atoms with Gasteiger partial charge in [-0.1, -0.05) is 13.0 Å². The molecule has 0 unspecified atom stereocenters. The summed E-state index contributed by atoms with van der Waals surface area (Å²) in [6.45, 7) is 4.61. The predicted molar refractivity (Wildman–Crippen MR) is 132 cm³/mol. The molecule has 0 saturated heterocycles. The second kappa shape index (κ2) is 9.82. The van der Waals surface area contributed by atoms with Crippen molar-refractivity contribution in [3.8, 4) is 5.75 Å². The van der Waals surface area contributed by atoms with Gasteiger partial charge in [0.15, 0.2) is 0 Å². The first-order chi connectivity index (χ1) is 17.0. The minimum absolute atomic E-state index is 0.117. The lowest BCUT2D eigenvalue weighted by Gasteiger charge is -2.21. The summed E-state index contributed by atoms with van der Waals surface area (Å²) in [4.78, 5) is 24.9. The number of carbonyl (C=O) groups is 1. The summed E-state index contributed by atoms with van der Waals surface area (Å²) in [7, 11) is 0. The summed E-state index contributed by atoms with van der Waals surface area (Å²) >= 11 is 0. The van der Waals surface area contributed by atoms with Crippen LogP contribution >= 0.6 is 0 Å². The van der Waals surface area contributed by atoms with Crippen molar-refractivity contribution in [2.24, 2.45) is 5.92 Å². The molecular formula is C27H29N5O3. The van der Waals surface area contributed by atoms with E-state index in [-0.39, 0.29) is 6.42 Å². The van der Waals surface area contributed by atoms with Gasteiger partial charge in [0, 0.05) is 41.2 Å². The number of fused-ring (bicyclic) bond motifs is 2. The fraction of sp³-hybridized carbons (Fsp3) is 0.370. The molecule has 4 aromatic rings. The molecule has 2 atom stereocenters. The Morgan fingerprint density at radius 1 is 1.20 bits per heavy atom. The molecule has 1 N–H and O–H groups in total. The molecule has 5 rings (SSSR count). The molecule has 1 aliphatic carbocycles. The van der Waals surface area contributed by atoms with Crippen molar-refractivity contribution in [2.75, 3.05) is 6.61 Å². The molecule has 1 aliphatic rings. The third-order valence-electron chi connectivity index (χ3n) is 6.62. The number of ether oxygens (including phenoxy) is 1. The van der Waals surface area contributed by atoms with Gasteiger partial charge in [0.2, 0.25) is 0 Å². The summed E-state index contributed by atoms with van der Waals surface area (Å²) < 4.78 is 7.75. The quantitative estimate of drug-likeness (QED) is 0.408. The first kappa shape index (κ1) is 23.0. The van der Waals surface area contributed by atoms with Crippen LogP contribution in [0.25, 0.3) is 10.9 Å². The van der Waals surface area contributed by atoms with E-state index in [4.69, 9.17) is 9.72 Å². The van der Waals surface area contributed by atoms with Crippen LogP contribution in [0.5, 0.6) is 5.75 Å². The van der Waals surface area contributed by atoms with Crippen LogP contribution in [0.15, 0.2) is 48.9 Å². The highest BCUT2D eigenvalue weighted by Crippen LogP contribution is 2.28. The molecule has 0 bridgehead atoms. The van der Waals surface area contributed by atoms with Crippen molar-refractivity contribution in [1.82, 2.24) is 24.7 Å². The number of benzene rings is 1. The molecule has 0 spiro atoms. The summed E-state index contributed by atoms with van der Waals surface area (Å²) in [5.41, 5.74) is 5.21. The lowest BCUT2D eigenvalue weighted by atomic mass is 9.88. The molecule has 0 radical (unpaired) electrons. The molecule has 35 heavy (non-hydrogen) atoms.